The molecule has 3 nitrogen and oxygen atoms in total. The molecule has 2 N–H and O–H groups in total. The molecule has 0 unspecified atom stereocenters. The Bertz CT molecular complexity index is 391. The van der Waals surface area contributed by atoms with E-state index in [9.17, 15) is 0 Å². The Morgan fingerprint density at radius 1 is 1.11 bits per heavy atom. The van der Waals surface area contributed by atoms with Gasteiger partial charge < -0.3 is 5.73 Å². The molecule has 0 radical (unpaired) electrons. The molecule has 0 aromatic carbocycles. The van der Waals surface area contributed by atoms with E-state index in [1.54, 1.807) is 0 Å². The predicted molar refractivity (Wildman–Crippen MR) is 82.4 cm³/mol. The first-order valence-electron chi connectivity index (χ1n) is 7.35. The molecular formula is C15H25N3S. The fraction of sp³-hybridized carbons (Fsp3) is 0.733. The van der Waals surface area contributed by atoms with Crippen LogP contribution < -0.4 is 5.73 Å². The van der Waals surface area contributed by atoms with Gasteiger partial charge in [0.05, 0.1) is 5.75 Å². The highest BCUT2D eigenvalue weighted by atomic mass is 32.2. The van der Waals surface area contributed by atoms with E-state index in [1.807, 2.05) is 11.8 Å². The standard InChI is InChI=1S/C15H25N3S/c1-11-14(8-9-16)12(2)18-15(17-11)10-19-13-6-4-3-5-7-13/h13H,3-10,16H2,1-2H3. The summed E-state index contributed by atoms with van der Waals surface area (Å²) in [6.07, 6.45) is 7.83. The Hall–Kier alpha value is -0.610. The number of rotatable bonds is 5. The van der Waals surface area contributed by atoms with Crippen LogP contribution in [0.2, 0.25) is 0 Å². The van der Waals surface area contributed by atoms with Crippen molar-refractivity contribution in [1.82, 2.24) is 9.97 Å². The van der Waals surface area contributed by atoms with Gasteiger partial charge >= 0.3 is 0 Å². The average molecular weight is 279 g/mol. The van der Waals surface area contributed by atoms with Crippen molar-refractivity contribution in [3.05, 3.63) is 22.8 Å². The lowest BCUT2D eigenvalue weighted by Crippen LogP contribution is -2.12. The SMILES string of the molecule is Cc1nc(CSC2CCCCC2)nc(C)c1CCN. The number of hydrogen-bond acceptors (Lipinski definition) is 4. The van der Waals surface area contributed by atoms with Gasteiger partial charge in [0.1, 0.15) is 5.82 Å². The number of hydrogen-bond donors (Lipinski definition) is 1. The summed E-state index contributed by atoms with van der Waals surface area (Å²) in [4.78, 5) is 9.30. The predicted octanol–water partition coefficient (Wildman–Crippen LogP) is 3.16. The van der Waals surface area contributed by atoms with E-state index in [0.717, 1.165) is 34.6 Å². The maximum absolute atomic E-state index is 5.63. The molecule has 1 saturated carbocycles. The summed E-state index contributed by atoms with van der Waals surface area (Å²) in [6, 6.07) is 0. The summed E-state index contributed by atoms with van der Waals surface area (Å²) in [5.41, 5.74) is 9.08. The monoisotopic (exact) mass is 279 g/mol. The van der Waals surface area contributed by atoms with Crippen LogP contribution in [0.4, 0.5) is 0 Å². The summed E-state index contributed by atoms with van der Waals surface area (Å²) >= 11 is 2.04. The lowest BCUT2D eigenvalue weighted by Gasteiger charge is -2.20. The Kier molecular flexibility index (Phi) is 5.64. The third-order valence-electron chi connectivity index (χ3n) is 3.86. The minimum Gasteiger partial charge on any atom is -0.330 e. The smallest absolute Gasteiger partial charge is 0.138 e. The minimum absolute atomic E-state index is 0.668. The van der Waals surface area contributed by atoms with Crippen molar-refractivity contribution in [1.29, 1.82) is 0 Å². The summed E-state index contributed by atoms with van der Waals surface area (Å²) in [6.45, 7) is 4.82. The third-order valence-corrected chi connectivity index (χ3v) is 5.23. The molecule has 1 aliphatic carbocycles. The van der Waals surface area contributed by atoms with Crippen molar-refractivity contribution in [3.8, 4) is 0 Å². The van der Waals surface area contributed by atoms with E-state index in [-0.39, 0.29) is 0 Å². The molecule has 2 rings (SSSR count). The third kappa shape index (κ3) is 4.18. The highest BCUT2D eigenvalue weighted by Gasteiger charge is 2.15. The second-order valence-electron chi connectivity index (χ2n) is 5.40. The first-order valence-corrected chi connectivity index (χ1v) is 8.40. The van der Waals surface area contributed by atoms with E-state index in [0.29, 0.717) is 6.54 Å². The van der Waals surface area contributed by atoms with E-state index in [2.05, 4.69) is 23.8 Å². The molecule has 1 aliphatic rings. The maximum atomic E-state index is 5.63. The molecular weight excluding hydrogens is 254 g/mol. The van der Waals surface area contributed by atoms with Crippen LogP contribution in [-0.2, 0) is 12.2 Å². The van der Waals surface area contributed by atoms with Gasteiger partial charge in [-0.05, 0) is 45.2 Å². The largest absolute Gasteiger partial charge is 0.330 e. The normalized spacial score (nSPS) is 16.8. The molecule has 1 aromatic rings. The zero-order valence-electron chi connectivity index (χ0n) is 12.1. The second-order valence-corrected chi connectivity index (χ2v) is 6.69. The Labute approximate surface area is 120 Å². The van der Waals surface area contributed by atoms with Gasteiger partial charge in [-0.25, -0.2) is 9.97 Å². The number of thioether (sulfide) groups is 1. The van der Waals surface area contributed by atoms with E-state index in [4.69, 9.17) is 5.73 Å². The van der Waals surface area contributed by atoms with Gasteiger partial charge in [-0.1, -0.05) is 19.3 Å². The summed E-state index contributed by atoms with van der Waals surface area (Å²) in [5.74, 6) is 1.95. The quantitative estimate of drug-likeness (QED) is 0.899. The van der Waals surface area contributed by atoms with E-state index >= 15 is 0 Å². The van der Waals surface area contributed by atoms with E-state index in [1.165, 1.54) is 37.7 Å². The molecule has 1 aromatic heterocycles. The highest BCUT2D eigenvalue weighted by Crippen LogP contribution is 2.30. The van der Waals surface area contributed by atoms with Crippen LogP contribution in [0.3, 0.4) is 0 Å². The van der Waals surface area contributed by atoms with Crippen LogP contribution in [0.5, 0.6) is 0 Å². The van der Waals surface area contributed by atoms with Crippen LogP contribution in [0.1, 0.15) is 54.9 Å². The van der Waals surface area contributed by atoms with Crippen LogP contribution in [0, 0.1) is 13.8 Å². The van der Waals surface area contributed by atoms with Crippen molar-refractivity contribution >= 4 is 11.8 Å². The van der Waals surface area contributed by atoms with Crippen LogP contribution in [0.25, 0.3) is 0 Å². The fourth-order valence-corrected chi connectivity index (χ4v) is 3.98. The molecule has 0 bridgehead atoms. The lowest BCUT2D eigenvalue weighted by molar-refractivity contribution is 0.516. The van der Waals surface area contributed by atoms with Gasteiger partial charge in [-0.2, -0.15) is 11.8 Å². The van der Waals surface area contributed by atoms with Gasteiger partial charge in [0, 0.05) is 16.6 Å². The Balaban J connectivity index is 1.96. The van der Waals surface area contributed by atoms with Gasteiger partial charge in [-0.3, -0.25) is 0 Å². The molecule has 106 valence electrons. The molecule has 0 saturated heterocycles. The first-order chi connectivity index (χ1) is 9.20. The molecule has 0 atom stereocenters. The maximum Gasteiger partial charge on any atom is 0.138 e. The van der Waals surface area contributed by atoms with Crippen LogP contribution in [-0.4, -0.2) is 21.8 Å². The zero-order valence-corrected chi connectivity index (χ0v) is 12.9. The number of aryl methyl sites for hydroxylation is 2. The molecule has 0 amide bonds. The Morgan fingerprint density at radius 3 is 2.32 bits per heavy atom. The Morgan fingerprint density at radius 2 is 1.74 bits per heavy atom. The number of aromatic nitrogens is 2. The topological polar surface area (TPSA) is 51.8 Å². The zero-order chi connectivity index (χ0) is 13.7. The van der Waals surface area contributed by atoms with Crippen molar-refractivity contribution < 1.29 is 0 Å². The molecule has 19 heavy (non-hydrogen) atoms. The minimum atomic E-state index is 0.668. The van der Waals surface area contributed by atoms with Gasteiger partial charge in [0.25, 0.3) is 0 Å². The molecule has 4 heteroatoms. The second kappa shape index (κ2) is 7.25. The van der Waals surface area contributed by atoms with Crippen molar-refractivity contribution in [2.45, 2.75) is 63.4 Å². The number of nitrogens with two attached hydrogens (primary N) is 1. The fourth-order valence-electron chi connectivity index (χ4n) is 2.80. The van der Waals surface area contributed by atoms with Crippen molar-refractivity contribution in [2.24, 2.45) is 5.73 Å². The highest BCUT2D eigenvalue weighted by molar-refractivity contribution is 7.99. The first kappa shape index (κ1) is 14.8. The molecule has 1 heterocycles. The van der Waals surface area contributed by atoms with Gasteiger partial charge in [0.15, 0.2) is 0 Å². The lowest BCUT2D eigenvalue weighted by atomic mass is 10.0. The van der Waals surface area contributed by atoms with Gasteiger partial charge in [0.2, 0.25) is 0 Å². The molecule has 0 spiro atoms. The average Bonchev–Trinajstić information content (AvgIpc) is 2.42. The summed E-state index contributed by atoms with van der Waals surface area (Å²) in [7, 11) is 0. The van der Waals surface area contributed by atoms with Crippen molar-refractivity contribution in [3.63, 3.8) is 0 Å². The van der Waals surface area contributed by atoms with E-state index < -0.39 is 0 Å². The number of nitrogens with zero attached hydrogens (tertiary/aromatic N) is 2. The van der Waals surface area contributed by atoms with Gasteiger partial charge in [-0.15, -0.1) is 0 Å². The van der Waals surface area contributed by atoms with Crippen molar-refractivity contribution in [2.75, 3.05) is 6.54 Å². The summed E-state index contributed by atoms with van der Waals surface area (Å²) < 4.78 is 0. The van der Waals surface area contributed by atoms with Crippen LogP contribution >= 0.6 is 11.8 Å². The summed E-state index contributed by atoms with van der Waals surface area (Å²) in [5, 5.41) is 0.821. The van der Waals surface area contributed by atoms with Crippen LogP contribution in [0.15, 0.2) is 0 Å². The molecule has 0 aliphatic heterocycles. The molecule has 1 fully saturated rings.